The van der Waals surface area contributed by atoms with Crippen LogP contribution in [0.2, 0.25) is 0 Å². The highest BCUT2D eigenvalue weighted by atomic mass is 32.1. The molecule has 0 amide bonds. The van der Waals surface area contributed by atoms with Crippen molar-refractivity contribution in [2.24, 2.45) is 0 Å². The number of hydrogen-bond donors (Lipinski definition) is 1. The highest BCUT2D eigenvalue weighted by Crippen LogP contribution is 2.26. The normalized spacial score (nSPS) is 13.2. The van der Waals surface area contributed by atoms with Crippen LogP contribution in [-0.4, -0.2) is 12.6 Å². The first kappa shape index (κ1) is 10.7. The standard InChI is InChI=1S/C13H17NS/c1-3-14-10(2)8-11-9-15-13-7-5-4-6-12(11)13/h4-7,9-10,14H,3,8H2,1-2H3/t10-/m1/s1. The summed E-state index contributed by atoms with van der Waals surface area (Å²) < 4.78 is 1.40. The zero-order valence-electron chi connectivity index (χ0n) is 9.29. The largest absolute Gasteiger partial charge is 0.314 e. The molecular formula is C13H17NS. The van der Waals surface area contributed by atoms with Crippen molar-refractivity contribution in [1.82, 2.24) is 5.32 Å². The number of fused-ring (bicyclic) bond motifs is 1. The molecule has 0 unspecified atom stereocenters. The van der Waals surface area contributed by atoms with E-state index in [-0.39, 0.29) is 0 Å². The smallest absolute Gasteiger partial charge is 0.0345 e. The third kappa shape index (κ3) is 2.39. The Morgan fingerprint density at radius 2 is 2.13 bits per heavy atom. The molecule has 1 aromatic heterocycles. The molecular weight excluding hydrogens is 202 g/mol. The first-order chi connectivity index (χ1) is 7.31. The van der Waals surface area contributed by atoms with Gasteiger partial charge >= 0.3 is 0 Å². The van der Waals surface area contributed by atoms with Gasteiger partial charge in [0.1, 0.15) is 0 Å². The molecule has 0 fully saturated rings. The molecule has 1 nitrogen and oxygen atoms in total. The van der Waals surface area contributed by atoms with Crippen LogP contribution >= 0.6 is 11.3 Å². The first-order valence-corrected chi connectivity index (χ1v) is 6.37. The Morgan fingerprint density at radius 3 is 2.93 bits per heavy atom. The predicted octanol–water partition coefficient (Wildman–Crippen LogP) is 3.44. The van der Waals surface area contributed by atoms with Gasteiger partial charge in [-0.05, 0) is 42.3 Å². The molecule has 0 saturated heterocycles. The van der Waals surface area contributed by atoms with Gasteiger partial charge in [-0.1, -0.05) is 25.1 Å². The monoisotopic (exact) mass is 219 g/mol. The van der Waals surface area contributed by atoms with Crippen molar-refractivity contribution < 1.29 is 0 Å². The van der Waals surface area contributed by atoms with Crippen LogP contribution in [0.1, 0.15) is 19.4 Å². The van der Waals surface area contributed by atoms with E-state index in [2.05, 4.69) is 48.8 Å². The molecule has 0 saturated carbocycles. The second-order valence-corrected chi connectivity index (χ2v) is 4.83. The molecule has 2 rings (SSSR count). The molecule has 0 bridgehead atoms. The SMILES string of the molecule is CCN[C@H](C)Cc1csc2ccccc12. The maximum Gasteiger partial charge on any atom is 0.0345 e. The van der Waals surface area contributed by atoms with Crippen LogP contribution in [0.15, 0.2) is 29.6 Å². The van der Waals surface area contributed by atoms with Gasteiger partial charge in [-0.15, -0.1) is 11.3 Å². The lowest BCUT2D eigenvalue weighted by Crippen LogP contribution is -2.27. The fraction of sp³-hybridized carbons (Fsp3) is 0.385. The Hall–Kier alpha value is -0.860. The molecule has 0 spiro atoms. The minimum absolute atomic E-state index is 0.563. The Balaban J connectivity index is 2.21. The lowest BCUT2D eigenvalue weighted by molar-refractivity contribution is 0.567. The zero-order chi connectivity index (χ0) is 10.7. The predicted molar refractivity (Wildman–Crippen MR) is 68.7 cm³/mol. The quantitative estimate of drug-likeness (QED) is 0.830. The molecule has 1 atom stereocenters. The fourth-order valence-electron chi connectivity index (χ4n) is 1.94. The molecule has 15 heavy (non-hydrogen) atoms. The van der Waals surface area contributed by atoms with E-state index < -0.39 is 0 Å². The highest BCUT2D eigenvalue weighted by Gasteiger charge is 2.06. The van der Waals surface area contributed by atoms with Gasteiger partial charge in [-0.3, -0.25) is 0 Å². The Bertz CT molecular complexity index is 433. The summed E-state index contributed by atoms with van der Waals surface area (Å²) in [6, 6.07) is 9.21. The average molecular weight is 219 g/mol. The minimum Gasteiger partial charge on any atom is -0.314 e. The van der Waals surface area contributed by atoms with E-state index >= 15 is 0 Å². The second kappa shape index (κ2) is 4.77. The van der Waals surface area contributed by atoms with Crippen molar-refractivity contribution >= 4 is 21.4 Å². The summed E-state index contributed by atoms with van der Waals surface area (Å²) in [6.45, 7) is 5.45. The number of thiophene rings is 1. The van der Waals surface area contributed by atoms with Gasteiger partial charge < -0.3 is 5.32 Å². The highest BCUT2D eigenvalue weighted by molar-refractivity contribution is 7.17. The Morgan fingerprint density at radius 1 is 1.33 bits per heavy atom. The fourth-order valence-corrected chi connectivity index (χ4v) is 2.92. The van der Waals surface area contributed by atoms with E-state index in [9.17, 15) is 0 Å². The summed E-state index contributed by atoms with van der Waals surface area (Å²) in [5.74, 6) is 0. The van der Waals surface area contributed by atoms with E-state index in [1.807, 2.05) is 11.3 Å². The summed E-state index contributed by atoms with van der Waals surface area (Å²) in [4.78, 5) is 0. The zero-order valence-corrected chi connectivity index (χ0v) is 10.1. The van der Waals surface area contributed by atoms with Crippen molar-refractivity contribution in [3.05, 3.63) is 35.2 Å². The first-order valence-electron chi connectivity index (χ1n) is 5.49. The van der Waals surface area contributed by atoms with Crippen LogP contribution in [0.25, 0.3) is 10.1 Å². The molecule has 0 radical (unpaired) electrons. The van der Waals surface area contributed by atoms with E-state index in [4.69, 9.17) is 0 Å². The van der Waals surface area contributed by atoms with Crippen LogP contribution in [-0.2, 0) is 6.42 Å². The van der Waals surface area contributed by atoms with Gasteiger partial charge in [0, 0.05) is 10.7 Å². The molecule has 1 aromatic carbocycles. The maximum absolute atomic E-state index is 3.45. The van der Waals surface area contributed by atoms with Crippen LogP contribution in [0, 0.1) is 0 Å². The topological polar surface area (TPSA) is 12.0 Å². The van der Waals surface area contributed by atoms with Gasteiger partial charge in [0.2, 0.25) is 0 Å². The molecule has 80 valence electrons. The van der Waals surface area contributed by atoms with E-state index in [1.54, 1.807) is 0 Å². The van der Waals surface area contributed by atoms with Crippen molar-refractivity contribution in [3.8, 4) is 0 Å². The molecule has 2 heteroatoms. The van der Waals surface area contributed by atoms with E-state index in [1.165, 1.54) is 15.6 Å². The number of rotatable bonds is 4. The third-order valence-electron chi connectivity index (χ3n) is 2.64. The Labute approximate surface area is 95.1 Å². The average Bonchev–Trinajstić information content (AvgIpc) is 2.62. The van der Waals surface area contributed by atoms with Crippen molar-refractivity contribution in [1.29, 1.82) is 0 Å². The van der Waals surface area contributed by atoms with Crippen molar-refractivity contribution in [3.63, 3.8) is 0 Å². The second-order valence-electron chi connectivity index (χ2n) is 3.92. The van der Waals surface area contributed by atoms with Crippen molar-refractivity contribution in [2.75, 3.05) is 6.54 Å². The van der Waals surface area contributed by atoms with E-state index in [0.29, 0.717) is 6.04 Å². The molecule has 0 aliphatic carbocycles. The molecule has 0 aliphatic heterocycles. The summed E-state index contributed by atoms with van der Waals surface area (Å²) in [6.07, 6.45) is 1.12. The molecule has 0 aliphatic rings. The van der Waals surface area contributed by atoms with Gasteiger partial charge in [-0.2, -0.15) is 0 Å². The van der Waals surface area contributed by atoms with Crippen LogP contribution in [0.5, 0.6) is 0 Å². The number of benzene rings is 1. The van der Waals surface area contributed by atoms with E-state index in [0.717, 1.165) is 13.0 Å². The van der Waals surface area contributed by atoms with Crippen LogP contribution in [0.3, 0.4) is 0 Å². The summed E-state index contributed by atoms with van der Waals surface area (Å²) in [7, 11) is 0. The van der Waals surface area contributed by atoms with Gasteiger partial charge in [0.15, 0.2) is 0 Å². The molecule has 2 aromatic rings. The number of nitrogens with one attached hydrogen (secondary N) is 1. The summed E-state index contributed by atoms with van der Waals surface area (Å²) >= 11 is 1.85. The van der Waals surface area contributed by atoms with Crippen LogP contribution < -0.4 is 5.32 Å². The van der Waals surface area contributed by atoms with Gasteiger partial charge in [-0.25, -0.2) is 0 Å². The third-order valence-corrected chi connectivity index (χ3v) is 3.65. The lowest BCUT2D eigenvalue weighted by Gasteiger charge is -2.11. The molecule has 1 N–H and O–H groups in total. The lowest BCUT2D eigenvalue weighted by atomic mass is 10.1. The maximum atomic E-state index is 3.45. The van der Waals surface area contributed by atoms with Gasteiger partial charge in [0.25, 0.3) is 0 Å². The summed E-state index contributed by atoms with van der Waals surface area (Å²) in [5, 5.41) is 7.17. The number of likely N-dealkylation sites (N-methyl/N-ethyl adjacent to an activating group) is 1. The minimum atomic E-state index is 0.563. The van der Waals surface area contributed by atoms with Gasteiger partial charge in [0.05, 0.1) is 0 Å². The Kier molecular flexibility index (Phi) is 3.39. The van der Waals surface area contributed by atoms with Crippen LogP contribution in [0.4, 0.5) is 0 Å². The van der Waals surface area contributed by atoms with Crippen molar-refractivity contribution in [2.45, 2.75) is 26.3 Å². The number of hydrogen-bond acceptors (Lipinski definition) is 2. The summed E-state index contributed by atoms with van der Waals surface area (Å²) in [5.41, 5.74) is 1.48. The molecule has 1 heterocycles.